The van der Waals surface area contributed by atoms with E-state index in [1.54, 1.807) is 0 Å². The van der Waals surface area contributed by atoms with Gasteiger partial charge in [-0.2, -0.15) is 0 Å². The van der Waals surface area contributed by atoms with E-state index in [4.69, 9.17) is 14.7 Å². The van der Waals surface area contributed by atoms with Crippen LogP contribution in [-0.2, 0) is 14.7 Å². The van der Waals surface area contributed by atoms with Gasteiger partial charge in [0.05, 0.1) is 0 Å². The Morgan fingerprint density at radius 3 is 1.75 bits per heavy atom. The molecule has 3 fully saturated rings. The molecule has 0 unspecified atom stereocenters. The molecule has 0 aromatic rings. The van der Waals surface area contributed by atoms with Crippen molar-refractivity contribution in [2.75, 3.05) is 39.5 Å². The molecule has 0 aliphatic carbocycles. The van der Waals surface area contributed by atoms with E-state index in [2.05, 4.69) is 24.5 Å². The zero-order valence-corrected chi connectivity index (χ0v) is 13.4. The summed E-state index contributed by atoms with van der Waals surface area (Å²) in [6.45, 7) is 11.4. The molecule has 5 nitrogen and oxygen atoms in total. The molecule has 3 aliphatic rings. The van der Waals surface area contributed by atoms with Gasteiger partial charge in [0, 0.05) is 0 Å². The normalized spacial score (nSPS) is 36.6. The predicted octanol–water partition coefficient (Wildman–Crippen LogP) is 0.652. The number of nitrogens with zero attached hydrogens (tertiary/aromatic N) is 1. The van der Waals surface area contributed by atoms with Gasteiger partial charge in [0.15, 0.2) is 0 Å². The molecule has 3 rings (SSSR count). The van der Waals surface area contributed by atoms with Crippen LogP contribution in [0.1, 0.15) is 0 Å². The van der Waals surface area contributed by atoms with Crippen LogP contribution in [-0.4, -0.2) is 67.3 Å². The number of hydrogen-bond acceptors (Lipinski definition) is 5. The Morgan fingerprint density at radius 1 is 0.938 bits per heavy atom. The zero-order chi connectivity index (χ0) is 11.6. The second-order valence-corrected chi connectivity index (χ2v) is 14.7. The first-order chi connectivity index (χ1) is 7.49. The van der Waals surface area contributed by atoms with Crippen LogP contribution < -0.4 is 0 Å². The van der Waals surface area contributed by atoms with Crippen molar-refractivity contribution in [2.24, 2.45) is 0 Å². The number of rotatable bonds is 2. The third kappa shape index (κ3) is 3.52. The summed E-state index contributed by atoms with van der Waals surface area (Å²) in [6.07, 6.45) is 0. The molecule has 0 aromatic heterocycles. The molecule has 0 saturated carbocycles. The first-order valence-corrected chi connectivity index (χ1v) is 12.7. The van der Waals surface area contributed by atoms with Crippen LogP contribution in [0, 0.1) is 0 Å². The minimum absolute atomic E-state index is 0.671. The van der Waals surface area contributed by atoms with Gasteiger partial charge in [-0.15, -0.1) is 0 Å². The van der Waals surface area contributed by atoms with E-state index >= 15 is 0 Å². The van der Waals surface area contributed by atoms with Crippen molar-refractivity contribution in [3.8, 4) is 0 Å². The van der Waals surface area contributed by atoms with Gasteiger partial charge in [0.2, 0.25) is 0 Å². The maximum atomic E-state index is 6.11. The number of fused-ring (bicyclic) bond motifs is 6. The summed E-state index contributed by atoms with van der Waals surface area (Å²) in [5.74, 6) is 0. The molecule has 0 amide bonds. The maximum absolute atomic E-state index is 6.11. The first-order valence-electron chi connectivity index (χ1n) is 5.84. The van der Waals surface area contributed by atoms with Crippen LogP contribution >= 0.6 is 0 Å². The fraction of sp³-hybridized carbons (Fsp3) is 1.00. The van der Waals surface area contributed by atoms with Crippen molar-refractivity contribution in [1.29, 1.82) is 0 Å². The van der Waals surface area contributed by atoms with Gasteiger partial charge in [-0.05, 0) is 0 Å². The van der Waals surface area contributed by atoms with Crippen molar-refractivity contribution in [1.82, 2.24) is 4.90 Å². The van der Waals surface area contributed by atoms with Crippen LogP contribution in [0.5, 0.6) is 0 Å². The van der Waals surface area contributed by atoms with Gasteiger partial charge in [0.25, 0.3) is 0 Å². The molecule has 0 N–H and O–H groups in total. The van der Waals surface area contributed by atoms with E-state index in [1.807, 2.05) is 0 Å². The topological polar surface area (TPSA) is 40.2 Å². The molecular formula is C9H21GeNO4Si. The molecule has 16 heavy (non-hydrogen) atoms. The van der Waals surface area contributed by atoms with E-state index in [9.17, 15) is 0 Å². The molecule has 3 saturated heterocycles. The zero-order valence-electron chi connectivity index (χ0n) is 10.3. The Bertz CT molecular complexity index is 222. The Morgan fingerprint density at radius 2 is 1.38 bits per heavy atom. The Hall–Kier alpha value is 0.560. The molecule has 0 aromatic carbocycles. The summed E-state index contributed by atoms with van der Waals surface area (Å²) in [5, 5.41) is 0. The van der Waals surface area contributed by atoms with Crippen molar-refractivity contribution < 1.29 is 14.7 Å². The van der Waals surface area contributed by atoms with Gasteiger partial charge in [-0.1, -0.05) is 0 Å². The molecule has 0 radical (unpaired) electrons. The fourth-order valence-electron chi connectivity index (χ4n) is 1.82. The van der Waals surface area contributed by atoms with E-state index in [-0.39, 0.29) is 0 Å². The monoisotopic (exact) mass is 309 g/mol. The SMILES string of the molecule is C[Si](C)(C)[O][Ge]12[O]CCN(CC[O]1)CC[O]2. The standard InChI is InChI=1S/C9H21GeNO4Si/c1-16(2,3)15-10-12-7-4-11(5-8-13-10)6-9-14-10/h4-9H2,1-3H3. The average Bonchev–Trinajstić information content (AvgIpc) is 2.04. The van der Waals surface area contributed by atoms with Gasteiger partial charge in [0.1, 0.15) is 0 Å². The Labute approximate surface area is 102 Å². The predicted molar refractivity (Wildman–Crippen MR) is 64.5 cm³/mol. The fourth-order valence-corrected chi connectivity index (χ4v) is 11.3. The van der Waals surface area contributed by atoms with Crippen molar-refractivity contribution in [3.63, 3.8) is 0 Å². The van der Waals surface area contributed by atoms with E-state index in [0.717, 1.165) is 19.6 Å². The van der Waals surface area contributed by atoms with Crippen LogP contribution in [0.3, 0.4) is 0 Å². The Kier molecular flexibility index (Phi) is 4.10. The Balaban J connectivity index is 2.08. The minimum atomic E-state index is -3.38. The summed E-state index contributed by atoms with van der Waals surface area (Å²) in [4.78, 5) is 2.31. The summed E-state index contributed by atoms with van der Waals surface area (Å²) >= 11 is -3.38. The average molecular weight is 308 g/mol. The van der Waals surface area contributed by atoms with Crippen molar-refractivity contribution >= 4 is 22.9 Å². The molecular weight excluding hydrogens is 287 g/mol. The quantitative estimate of drug-likeness (QED) is 0.701. The third-order valence-electron chi connectivity index (χ3n) is 2.49. The second kappa shape index (κ2) is 5.05. The van der Waals surface area contributed by atoms with Gasteiger partial charge in [-0.3, -0.25) is 0 Å². The third-order valence-corrected chi connectivity index (χ3v) is 12.3. The van der Waals surface area contributed by atoms with Crippen molar-refractivity contribution in [2.45, 2.75) is 19.6 Å². The van der Waals surface area contributed by atoms with Crippen LogP contribution in [0.15, 0.2) is 0 Å². The number of hydrogen-bond donors (Lipinski definition) is 0. The second-order valence-electron chi connectivity index (χ2n) is 5.10. The van der Waals surface area contributed by atoms with Crippen molar-refractivity contribution in [3.05, 3.63) is 0 Å². The van der Waals surface area contributed by atoms with Gasteiger partial charge in [-0.25, -0.2) is 0 Å². The summed E-state index contributed by atoms with van der Waals surface area (Å²) < 4.78 is 23.6. The summed E-state index contributed by atoms with van der Waals surface area (Å²) in [6, 6.07) is 0. The molecule has 3 aliphatic heterocycles. The molecule has 7 heteroatoms. The molecule has 2 bridgehead atoms. The van der Waals surface area contributed by atoms with E-state index < -0.39 is 22.9 Å². The summed E-state index contributed by atoms with van der Waals surface area (Å²) in [5.41, 5.74) is 0. The first kappa shape index (κ1) is 13.0. The van der Waals surface area contributed by atoms with Gasteiger partial charge < -0.3 is 0 Å². The van der Waals surface area contributed by atoms with Gasteiger partial charge >= 0.3 is 102 Å². The molecule has 94 valence electrons. The molecule has 3 heterocycles. The molecule has 0 spiro atoms. The molecule has 0 atom stereocenters. The van der Waals surface area contributed by atoms with Crippen LogP contribution in [0.25, 0.3) is 0 Å². The van der Waals surface area contributed by atoms with Crippen LogP contribution in [0.4, 0.5) is 0 Å². The van der Waals surface area contributed by atoms with Crippen LogP contribution in [0.2, 0.25) is 19.6 Å². The summed E-state index contributed by atoms with van der Waals surface area (Å²) in [7, 11) is -1.68. The van der Waals surface area contributed by atoms with E-state index in [1.165, 1.54) is 0 Å². The van der Waals surface area contributed by atoms with E-state index in [0.29, 0.717) is 19.8 Å².